The summed E-state index contributed by atoms with van der Waals surface area (Å²) >= 11 is 2.19. The van der Waals surface area contributed by atoms with E-state index in [0.29, 0.717) is 20.9 Å². The zero-order valence-corrected chi connectivity index (χ0v) is 16.0. The first-order chi connectivity index (χ1) is 11.7. The molecule has 0 spiro atoms. The number of pyridine rings is 1. The number of rotatable bonds is 1. The zero-order chi connectivity index (χ0) is 16.3. The summed E-state index contributed by atoms with van der Waals surface area (Å²) in [4.78, 5) is 9.70. The van der Waals surface area contributed by atoms with Gasteiger partial charge < -0.3 is 0 Å². The van der Waals surface area contributed by atoms with E-state index in [4.69, 9.17) is 4.98 Å². The Balaban J connectivity index is 1.81. The van der Waals surface area contributed by atoms with Gasteiger partial charge in [-0.25, -0.2) is 0 Å². The van der Waals surface area contributed by atoms with E-state index in [1.54, 1.807) is 0 Å². The van der Waals surface area contributed by atoms with Crippen LogP contribution in [-0.2, 0) is 0 Å². The number of anilines is 3. The maximum atomic E-state index is 4.73. The second kappa shape index (κ2) is 5.38. The molecule has 3 heterocycles. The predicted molar refractivity (Wildman–Crippen MR) is 102 cm³/mol. The van der Waals surface area contributed by atoms with Crippen molar-refractivity contribution in [2.24, 2.45) is 0 Å². The summed E-state index contributed by atoms with van der Waals surface area (Å²) in [7, 11) is 0. The van der Waals surface area contributed by atoms with Gasteiger partial charge in [0.1, 0.15) is 0 Å². The van der Waals surface area contributed by atoms with E-state index < -0.39 is 0 Å². The molecule has 0 amide bonds. The molecule has 0 N–H and O–H groups in total. The van der Waals surface area contributed by atoms with E-state index >= 15 is 0 Å². The number of para-hydroxylation sites is 1. The molecule has 0 fully saturated rings. The molecule has 0 saturated carbocycles. The maximum absolute atomic E-state index is 4.73. The molecule has 0 radical (unpaired) electrons. The molecule has 2 aromatic carbocycles. The Hall–Kier alpha value is -1.74. The van der Waals surface area contributed by atoms with Gasteiger partial charge in [-0.05, 0) is 0 Å². The van der Waals surface area contributed by atoms with Gasteiger partial charge in [0.05, 0.1) is 0 Å². The normalized spacial score (nSPS) is 14.2. The molecule has 0 saturated heterocycles. The van der Waals surface area contributed by atoms with Crippen molar-refractivity contribution in [2.75, 3.05) is 4.90 Å². The average molecular weight is 395 g/mol. The number of aromatic nitrogens is 1. The van der Waals surface area contributed by atoms with E-state index in [9.17, 15) is 0 Å². The summed E-state index contributed by atoms with van der Waals surface area (Å²) in [5, 5.41) is 0. The summed E-state index contributed by atoms with van der Waals surface area (Å²) in [6.07, 6.45) is 1.90. The van der Waals surface area contributed by atoms with E-state index in [1.165, 1.54) is 35.7 Å². The molecule has 0 unspecified atom stereocenters. The van der Waals surface area contributed by atoms with Crippen LogP contribution >= 0.6 is 11.8 Å². The quantitative estimate of drug-likeness (QED) is 0.398. The summed E-state index contributed by atoms with van der Waals surface area (Å²) in [5.74, 6) is 1.60. The molecule has 4 heteroatoms. The molecule has 0 aliphatic carbocycles. The van der Waals surface area contributed by atoms with Crippen molar-refractivity contribution in [1.29, 1.82) is 0 Å². The average Bonchev–Trinajstić information content (AvgIpc) is 2.61. The van der Waals surface area contributed by atoms with Gasteiger partial charge >= 0.3 is 153 Å². The van der Waals surface area contributed by atoms with Crippen molar-refractivity contribution in [1.82, 2.24) is 4.98 Å². The first kappa shape index (κ1) is 14.6. The number of benzene rings is 2. The minimum atomic E-state index is 0.347. The SMILES string of the molecule is CC(C)c1ccc2c(c1)N1c3ncccc3Sc3cccc(c31)[Se]2. The Morgan fingerprint density at radius 3 is 2.75 bits per heavy atom. The Morgan fingerprint density at radius 2 is 1.88 bits per heavy atom. The molecule has 5 rings (SSSR count). The molecule has 1 aromatic heterocycles. The van der Waals surface area contributed by atoms with Gasteiger partial charge in [-0.1, -0.05) is 0 Å². The third kappa shape index (κ3) is 2.07. The van der Waals surface area contributed by atoms with Crippen LogP contribution in [0.25, 0.3) is 0 Å². The van der Waals surface area contributed by atoms with Crippen molar-refractivity contribution >= 4 is 52.8 Å². The number of hydrogen-bond acceptors (Lipinski definition) is 3. The van der Waals surface area contributed by atoms with Gasteiger partial charge in [0, 0.05) is 0 Å². The van der Waals surface area contributed by atoms with Crippen LogP contribution in [0.1, 0.15) is 25.3 Å². The fourth-order valence-electron chi connectivity index (χ4n) is 3.25. The van der Waals surface area contributed by atoms with Gasteiger partial charge in [-0.3, -0.25) is 0 Å². The molecule has 0 atom stereocenters. The van der Waals surface area contributed by atoms with Crippen LogP contribution in [0.3, 0.4) is 0 Å². The molecule has 3 aromatic rings. The van der Waals surface area contributed by atoms with Crippen LogP contribution < -0.4 is 13.8 Å². The summed E-state index contributed by atoms with van der Waals surface area (Å²) in [6, 6.07) is 17.9. The molecule has 2 aliphatic rings. The van der Waals surface area contributed by atoms with E-state index in [0.717, 1.165) is 5.82 Å². The molecule has 24 heavy (non-hydrogen) atoms. The molecule has 2 nitrogen and oxygen atoms in total. The van der Waals surface area contributed by atoms with Crippen LogP contribution in [0, 0.1) is 0 Å². The third-order valence-corrected chi connectivity index (χ3v) is 7.90. The Kier molecular flexibility index (Phi) is 3.27. The topological polar surface area (TPSA) is 16.1 Å². The van der Waals surface area contributed by atoms with E-state index in [2.05, 4.69) is 61.2 Å². The fourth-order valence-corrected chi connectivity index (χ4v) is 6.71. The first-order valence-corrected chi connectivity index (χ1v) is 10.6. The Labute approximate surface area is 152 Å². The molecular formula is C20H16N2SSe. The van der Waals surface area contributed by atoms with Crippen molar-refractivity contribution < 1.29 is 0 Å². The zero-order valence-electron chi connectivity index (χ0n) is 13.5. The summed E-state index contributed by atoms with van der Waals surface area (Å²) in [5.41, 5.74) is 4.06. The van der Waals surface area contributed by atoms with Crippen molar-refractivity contribution in [2.45, 2.75) is 29.6 Å². The van der Waals surface area contributed by atoms with Gasteiger partial charge in [0.25, 0.3) is 0 Å². The molecule has 0 bridgehead atoms. The number of fused-ring (bicyclic) bond motifs is 4. The second-order valence-corrected chi connectivity index (χ2v) is 9.71. The van der Waals surface area contributed by atoms with E-state index in [-0.39, 0.29) is 0 Å². The van der Waals surface area contributed by atoms with Crippen LogP contribution in [0.4, 0.5) is 17.2 Å². The van der Waals surface area contributed by atoms with Crippen molar-refractivity contribution in [3.8, 4) is 0 Å². The van der Waals surface area contributed by atoms with Gasteiger partial charge in [-0.2, -0.15) is 0 Å². The molecule has 2 aliphatic heterocycles. The molecule has 118 valence electrons. The summed E-state index contributed by atoms with van der Waals surface area (Å²) < 4.78 is 2.90. The van der Waals surface area contributed by atoms with Crippen LogP contribution in [0.15, 0.2) is 64.5 Å². The summed E-state index contributed by atoms with van der Waals surface area (Å²) in [6.45, 7) is 4.51. The van der Waals surface area contributed by atoms with Crippen LogP contribution in [0.2, 0.25) is 0 Å². The van der Waals surface area contributed by atoms with Crippen LogP contribution in [-0.4, -0.2) is 19.9 Å². The Bertz CT molecular complexity index is 953. The number of nitrogens with zero attached hydrogens (tertiary/aromatic N) is 2. The predicted octanol–water partition coefficient (Wildman–Crippen LogP) is 4.11. The monoisotopic (exact) mass is 396 g/mol. The minimum absolute atomic E-state index is 0.347. The number of hydrogen-bond donors (Lipinski definition) is 0. The van der Waals surface area contributed by atoms with Crippen molar-refractivity contribution in [3.05, 3.63) is 60.3 Å². The van der Waals surface area contributed by atoms with Gasteiger partial charge in [-0.15, -0.1) is 0 Å². The molecular weight excluding hydrogens is 379 g/mol. The van der Waals surface area contributed by atoms with E-state index in [1.807, 2.05) is 24.0 Å². The van der Waals surface area contributed by atoms with Gasteiger partial charge in [0.2, 0.25) is 0 Å². The standard InChI is InChI=1S/C20H16N2SSe/c1-12(2)13-8-9-17-14(11-13)22-19-15(5-3-7-18(19)24-17)23-16-6-4-10-21-20(16)22/h3-12H,1-2H3. The fraction of sp³-hybridized carbons (Fsp3) is 0.150. The Morgan fingerprint density at radius 1 is 1.00 bits per heavy atom. The third-order valence-electron chi connectivity index (χ3n) is 4.48. The van der Waals surface area contributed by atoms with Gasteiger partial charge in [0.15, 0.2) is 0 Å². The second-order valence-electron chi connectivity index (χ2n) is 6.35. The van der Waals surface area contributed by atoms with Crippen LogP contribution in [0.5, 0.6) is 0 Å². The van der Waals surface area contributed by atoms with Crippen molar-refractivity contribution in [3.63, 3.8) is 0 Å². The first-order valence-electron chi connectivity index (χ1n) is 8.10.